The van der Waals surface area contributed by atoms with Gasteiger partial charge in [-0.1, -0.05) is 25.1 Å². The van der Waals surface area contributed by atoms with Gasteiger partial charge in [-0.2, -0.15) is 0 Å². The van der Waals surface area contributed by atoms with Crippen molar-refractivity contribution in [2.45, 2.75) is 39.7 Å². The highest BCUT2D eigenvalue weighted by Crippen LogP contribution is 2.22. The Labute approximate surface area is 167 Å². The molecule has 0 unspecified atom stereocenters. The van der Waals surface area contributed by atoms with Crippen molar-refractivity contribution in [2.24, 2.45) is 0 Å². The zero-order valence-electron chi connectivity index (χ0n) is 17.2. The minimum absolute atomic E-state index is 0.00133. The van der Waals surface area contributed by atoms with Gasteiger partial charge >= 0.3 is 5.97 Å². The molecule has 2 N–H and O–H groups in total. The molecule has 0 aromatic heterocycles. The molecule has 156 valence electrons. The summed E-state index contributed by atoms with van der Waals surface area (Å²) < 4.78 is 5.81. The van der Waals surface area contributed by atoms with Gasteiger partial charge in [-0.25, -0.2) is 0 Å². The first-order chi connectivity index (χ1) is 13.4. The summed E-state index contributed by atoms with van der Waals surface area (Å²) in [6.07, 6.45) is 1.79. The molecule has 0 atom stereocenters. The number of benzene rings is 1. The highest BCUT2D eigenvalue weighted by Gasteiger charge is 2.25. The minimum atomic E-state index is -0.785. The Hall–Kier alpha value is -2.12. The van der Waals surface area contributed by atoms with Crippen LogP contribution in [0.2, 0.25) is 0 Å². The number of aliphatic carboxylic acids is 1. The molecule has 1 heterocycles. The second-order valence-corrected chi connectivity index (χ2v) is 7.38. The number of hydrogen-bond acceptors (Lipinski definition) is 5. The largest absolute Gasteiger partial charge is 0.491 e. The van der Waals surface area contributed by atoms with Crippen LogP contribution in [0.4, 0.5) is 0 Å². The van der Waals surface area contributed by atoms with E-state index in [1.54, 1.807) is 0 Å². The van der Waals surface area contributed by atoms with E-state index in [1.165, 1.54) is 0 Å². The normalized spacial score (nSPS) is 15.6. The molecule has 7 nitrogen and oxygen atoms in total. The van der Waals surface area contributed by atoms with Crippen molar-refractivity contribution in [1.82, 2.24) is 15.1 Å². The van der Waals surface area contributed by atoms with Crippen LogP contribution in [0.1, 0.15) is 30.9 Å². The zero-order valence-corrected chi connectivity index (χ0v) is 17.2. The second-order valence-electron chi connectivity index (χ2n) is 7.38. The molecule has 0 aliphatic carbocycles. The Morgan fingerprint density at radius 2 is 1.89 bits per heavy atom. The quantitative estimate of drug-likeness (QED) is 0.591. The van der Waals surface area contributed by atoms with Crippen molar-refractivity contribution >= 4 is 11.9 Å². The number of para-hydroxylation sites is 1. The number of piperidine rings is 1. The van der Waals surface area contributed by atoms with Crippen LogP contribution in [0.5, 0.6) is 5.75 Å². The Morgan fingerprint density at radius 1 is 1.25 bits per heavy atom. The molecule has 1 aromatic rings. The summed E-state index contributed by atoms with van der Waals surface area (Å²) in [7, 11) is 0. The van der Waals surface area contributed by atoms with Crippen molar-refractivity contribution in [3.63, 3.8) is 0 Å². The molecule has 0 spiro atoms. The van der Waals surface area contributed by atoms with E-state index in [-0.39, 0.29) is 18.5 Å². The fraction of sp³-hybridized carbons (Fsp3) is 0.619. The lowest BCUT2D eigenvalue weighted by atomic mass is 10.0. The smallest absolute Gasteiger partial charge is 0.317 e. The van der Waals surface area contributed by atoms with Crippen molar-refractivity contribution < 1.29 is 19.4 Å². The highest BCUT2D eigenvalue weighted by atomic mass is 16.5. The number of carboxylic acids is 1. The van der Waals surface area contributed by atoms with E-state index >= 15 is 0 Å². The molecule has 1 amide bonds. The van der Waals surface area contributed by atoms with Gasteiger partial charge < -0.3 is 15.2 Å². The van der Waals surface area contributed by atoms with E-state index in [0.717, 1.165) is 49.4 Å². The number of likely N-dealkylation sites (tertiary alicyclic amines) is 1. The molecular formula is C21H33N3O4. The van der Waals surface area contributed by atoms with Gasteiger partial charge in [-0.3, -0.25) is 19.4 Å². The number of rotatable bonds is 10. The Kier molecular flexibility index (Phi) is 8.73. The second kappa shape index (κ2) is 11.0. The molecule has 1 aliphatic heterocycles. The Balaban J connectivity index is 1.65. The van der Waals surface area contributed by atoms with Gasteiger partial charge in [-0.15, -0.1) is 0 Å². The number of nitrogens with zero attached hydrogens (tertiary/aromatic N) is 2. The summed E-state index contributed by atoms with van der Waals surface area (Å²) in [5.74, 6) is 0.105. The molecule has 0 bridgehead atoms. The van der Waals surface area contributed by atoms with Crippen LogP contribution in [0.3, 0.4) is 0 Å². The Morgan fingerprint density at radius 3 is 2.46 bits per heavy atom. The van der Waals surface area contributed by atoms with Crippen LogP contribution >= 0.6 is 0 Å². The van der Waals surface area contributed by atoms with E-state index in [2.05, 4.69) is 10.2 Å². The molecular weight excluding hydrogens is 358 g/mol. The van der Waals surface area contributed by atoms with Gasteiger partial charge in [0.2, 0.25) is 5.91 Å². The van der Waals surface area contributed by atoms with Crippen molar-refractivity contribution in [3.8, 4) is 5.75 Å². The third-order valence-corrected chi connectivity index (χ3v) is 5.26. The third kappa shape index (κ3) is 6.80. The average Bonchev–Trinajstić information content (AvgIpc) is 2.65. The number of ether oxygens (including phenoxy) is 1. The minimum Gasteiger partial charge on any atom is -0.491 e. The first-order valence-corrected chi connectivity index (χ1v) is 10.0. The summed E-state index contributed by atoms with van der Waals surface area (Å²) in [6.45, 7) is 9.76. The molecule has 1 fully saturated rings. The average molecular weight is 392 g/mol. The number of likely N-dealkylation sites (N-methyl/N-ethyl adjacent to an activating group) is 1. The topological polar surface area (TPSA) is 82.1 Å². The first kappa shape index (κ1) is 22.2. The summed E-state index contributed by atoms with van der Waals surface area (Å²) in [5.41, 5.74) is 2.19. The maximum atomic E-state index is 12.2. The fourth-order valence-electron chi connectivity index (χ4n) is 3.74. The number of hydrogen-bond donors (Lipinski definition) is 2. The van der Waals surface area contributed by atoms with E-state index < -0.39 is 5.97 Å². The SMILES string of the molecule is CCN(CC(=O)O)C1CCN(CC(=O)NCCOc2c(C)cccc2C)CC1. The standard InChI is InChI=1S/C21H33N3O4/c1-4-24(15-20(26)27)18-8-11-23(12-9-18)14-19(25)22-10-13-28-21-16(2)6-5-7-17(21)3/h5-7,18H,4,8-15H2,1-3H3,(H,22,25)(H,26,27). The van der Waals surface area contributed by atoms with E-state index in [0.29, 0.717) is 19.7 Å². The van der Waals surface area contributed by atoms with Crippen molar-refractivity contribution in [2.75, 3.05) is 45.9 Å². The van der Waals surface area contributed by atoms with E-state index in [1.807, 2.05) is 43.9 Å². The molecule has 0 saturated carbocycles. The Bertz CT molecular complexity index is 637. The van der Waals surface area contributed by atoms with Crippen LogP contribution in [0.15, 0.2) is 18.2 Å². The van der Waals surface area contributed by atoms with Crippen LogP contribution in [-0.2, 0) is 9.59 Å². The lowest BCUT2D eigenvalue weighted by molar-refractivity contribution is -0.139. The monoisotopic (exact) mass is 391 g/mol. The maximum absolute atomic E-state index is 12.2. The molecule has 1 aliphatic rings. The molecule has 2 rings (SSSR count). The van der Waals surface area contributed by atoms with Gasteiger partial charge in [0.1, 0.15) is 12.4 Å². The number of carboxylic acid groups (broad SMARTS) is 1. The lowest BCUT2D eigenvalue weighted by Gasteiger charge is -2.37. The molecule has 1 aromatic carbocycles. The fourth-order valence-corrected chi connectivity index (χ4v) is 3.74. The van der Waals surface area contributed by atoms with Crippen LogP contribution in [-0.4, -0.2) is 78.7 Å². The summed E-state index contributed by atoms with van der Waals surface area (Å²) in [5, 5.41) is 11.9. The molecule has 1 saturated heterocycles. The summed E-state index contributed by atoms with van der Waals surface area (Å²) in [4.78, 5) is 27.3. The van der Waals surface area contributed by atoms with Crippen LogP contribution in [0, 0.1) is 13.8 Å². The third-order valence-electron chi connectivity index (χ3n) is 5.26. The lowest BCUT2D eigenvalue weighted by Crippen LogP contribution is -2.48. The first-order valence-electron chi connectivity index (χ1n) is 10.0. The van der Waals surface area contributed by atoms with Crippen LogP contribution < -0.4 is 10.1 Å². The molecule has 7 heteroatoms. The number of amides is 1. The number of carbonyl (C=O) groups is 2. The zero-order chi connectivity index (χ0) is 20.5. The van der Waals surface area contributed by atoms with Gasteiger partial charge in [0.25, 0.3) is 0 Å². The number of aryl methyl sites for hydroxylation is 2. The number of nitrogens with one attached hydrogen (secondary N) is 1. The molecule has 28 heavy (non-hydrogen) atoms. The summed E-state index contributed by atoms with van der Waals surface area (Å²) in [6, 6.07) is 6.32. The predicted molar refractivity (Wildman–Crippen MR) is 109 cm³/mol. The van der Waals surface area contributed by atoms with Gasteiger partial charge in [0, 0.05) is 19.1 Å². The predicted octanol–water partition coefficient (Wildman–Crippen LogP) is 1.67. The maximum Gasteiger partial charge on any atom is 0.317 e. The van der Waals surface area contributed by atoms with Crippen molar-refractivity contribution in [1.29, 1.82) is 0 Å². The molecule has 0 radical (unpaired) electrons. The van der Waals surface area contributed by atoms with Gasteiger partial charge in [-0.05, 0) is 44.4 Å². The van der Waals surface area contributed by atoms with Gasteiger partial charge in [0.15, 0.2) is 0 Å². The number of carbonyl (C=O) groups excluding carboxylic acids is 1. The summed E-state index contributed by atoms with van der Waals surface area (Å²) >= 11 is 0. The van der Waals surface area contributed by atoms with E-state index in [9.17, 15) is 9.59 Å². The van der Waals surface area contributed by atoms with E-state index in [4.69, 9.17) is 9.84 Å². The highest BCUT2D eigenvalue weighted by molar-refractivity contribution is 5.78. The van der Waals surface area contributed by atoms with Crippen molar-refractivity contribution in [3.05, 3.63) is 29.3 Å². The van der Waals surface area contributed by atoms with Gasteiger partial charge in [0.05, 0.1) is 19.6 Å². The van der Waals surface area contributed by atoms with Crippen LogP contribution in [0.25, 0.3) is 0 Å².